The second kappa shape index (κ2) is 7.49. The van der Waals surface area contributed by atoms with E-state index in [1.807, 2.05) is 42.5 Å². The van der Waals surface area contributed by atoms with Crippen molar-refractivity contribution in [2.45, 2.75) is 6.54 Å². The molecule has 1 fully saturated rings. The highest BCUT2D eigenvalue weighted by Crippen LogP contribution is 2.22. The maximum absolute atomic E-state index is 11.1. The van der Waals surface area contributed by atoms with Gasteiger partial charge in [0.25, 0.3) is 0 Å². The first-order valence-electron chi connectivity index (χ1n) is 7.69. The normalized spacial score (nSPS) is 15.4. The topological polar surface area (TPSA) is 32.8 Å². The molecular weight excluding hydrogens is 312 g/mol. The van der Waals surface area contributed by atoms with Crippen LogP contribution in [0.3, 0.4) is 0 Å². The van der Waals surface area contributed by atoms with Crippen LogP contribution in [-0.2, 0) is 6.54 Å². The van der Waals surface area contributed by atoms with Gasteiger partial charge in [-0.1, -0.05) is 30.3 Å². The van der Waals surface area contributed by atoms with E-state index in [2.05, 4.69) is 17.0 Å². The van der Waals surface area contributed by atoms with Crippen molar-refractivity contribution in [1.82, 2.24) is 9.80 Å². The van der Waals surface area contributed by atoms with Gasteiger partial charge in [0.1, 0.15) is 11.5 Å². The lowest BCUT2D eigenvalue weighted by Crippen LogP contribution is -2.46. The number of piperazine rings is 1. The van der Waals surface area contributed by atoms with E-state index in [1.165, 1.54) is 5.56 Å². The molecular formula is C18H19ClN2O2. The number of amides is 1. The molecule has 1 amide bonds. The molecule has 3 rings (SSSR count). The number of carbonyl (C=O) groups excluding carboxylic acids is 1. The summed E-state index contributed by atoms with van der Waals surface area (Å²) >= 11 is 5.51. The molecule has 0 spiro atoms. The molecule has 23 heavy (non-hydrogen) atoms. The summed E-state index contributed by atoms with van der Waals surface area (Å²) in [7, 11) is 0. The summed E-state index contributed by atoms with van der Waals surface area (Å²) in [6, 6.07) is 17.9. The minimum Gasteiger partial charge on any atom is -0.457 e. The Morgan fingerprint density at radius 1 is 0.957 bits per heavy atom. The number of nitrogens with zero attached hydrogens (tertiary/aromatic N) is 2. The molecule has 1 heterocycles. The lowest BCUT2D eigenvalue weighted by molar-refractivity contribution is 0.148. The summed E-state index contributed by atoms with van der Waals surface area (Å²) in [5.41, 5.74) is 1.20. The zero-order chi connectivity index (χ0) is 16.1. The van der Waals surface area contributed by atoms with Crippen molar-refractivity contribution in [2.24, 2.45) is 0 Å². The van der Waals surface area contributed by atoms with Gasteiger partial charge in [-0.15, -0.1) is 0 Å². The lowest BCUT2D eigenvalue weighted by atomic mass is 10.2. The minimum atomic E-state index is -0.358. The van der Waals surface area contributed by atoms with E-state index in [9.17, 15) is 4.79 Å². The molecule has 0 saturated carbocycles. The van der Waals surface area contributed by atoms with Crippen LogP contribution in [0.5, 0.6) is 11.5 Å². The molecule has 0 radical (unpaired) electrons. The van der Waals surface area contributed by atoms with E-state index in [-0.39, 0.29) is 5.37 Å². The second-order valence-electron chi connectivity index (χ2n) is 5.58. The Balaban J connectivity index is 1.59. The second-order valence-corrected chi connectivity index (χ2v) is 5.90. The van der Waals surface area contributed by atoms with Crippen molar-refractivity contribution >= 4 is 17.0 Å². The van der Waals surface area contributed by atoms with Gasteiger partial charge in [-0.05, 0) is 41.4 Å². The number of para-hydroxylation sites is 1. The molecule has 0 atom stereocenters. The predicted octanol–water partition coefficient (Wildman–Crippen LogP) is 3.96. The lowest BCUT2D eigenvalue weighted by Gasteiger charge is -2.33. The van der Waals surface area contributed by atoms with Crippen LogP contribution in [0.2, 0.25) is 0 Å². The van der Waals surface area contributed by atoms with Crippen LogP contribution >= 0.6 is 11.6 Å². The fourth-order valence-corrected chi connectivity index (χ4v) is 2.84. The predicted molar refractivity (Wildman–Crippen MR) is 91.1 cm³/mol. The van der Waals surface area contributed by atoms with Gasteiger partial charge in [-0.2, -0.15) is 0 Å². The van der Waals surface area contributed by atoms with Crippen LogP contribution in [0.1, 0.15) is 5.56 Å². The first-order chi connectivity index (χ1) is 11.2. The van der Waals surface area contributed by atoms with Gasteiger partial charge >= 0.3 is 5.37 Å². The van der Waals surface area contributed by atoms with Crippen molar-refractivity contribution in [3.63, 3.8) is 0 Å². The van der Waals surface area contributed by atoms with Crippen LogP contribution in [0.25, 0.3) is 0 Å². The number of halogens is 1. The molecule has 5 heteroatoms. The van der Waals surface area contributed by atoms with Gasteiger partial charge in [0.15, 0.2) is 0 Å². The Morgan fingerprint density at radius 3 is 2.35 bits per heavy atom. The van der Waals surface area contributed by atoms with E-state index < -0.39 is 0 Å². The summed E-state index contributed by atoms with van der Waals surface area (Å²) in [5, 5.41) is -0.358. The molecule has 2 aromatic carbocycles. The van der Waals surface area contributed by atoms with E-state index >= 15 is 0 Å². The third-order valence-electron chi connectivity index (χ3n) is 3.90. The van der Waals surface area contributed by atoms with Crippen molar-refractivity contribution in [3.05, 3.63) is 60.2 Å². The maximum Gasteiger partial charge on any atom is 0.316 e. The molecule has 0 bridgehead atoms. The number of ether oxygens (including phenoxy) is 1. The monoisotopic (exact) mass is 330 g/mol. The highest BCUT2D eigenvalue weighted by molar-refractivity contribution is 6.62. The Hall–Kier alpha value is -2.04. The summed E-state index contributed by atoms with van der Waals surface area (Å²) in [6.45, 7) is 3.88. The SMILES string of the molecule is O=C(Cl)N1CCN(Cc2cccc(Oc3ccccc3)c2)CC1. The van der Waals surface area contributed by atoms with E-state index in [1.54, 1.807) is 4.90 Å². The number of hydrogen-bond acceptors (Lipinski definition) is 3. The highest BCUT2D eigenvalue weighted by atomic mass is 35.5. The molecule has 0 aromatic heterocycles. The highest BCUT2D eigenvalue weighted by Gasteiger charge is 2.19. The van der Waals surface area contributed by atoms with Crippen LogP contribution in [-0.4, -0.2) is 41.3 Å². The zero-order valence-electron chi connectivity index (χ0n) is 12.8. The largest absolute Gasteiger partial charge is 0.457 e. The molecule has 1 aliphatic rings. The molecule has 0 unspecified atom stereocenters. The Labute approximate surface area is 141 Å². The third-order valence-corrected chi connectivity index (χ3v) is 4.14. The zero-order valence-corrected chi connectivity index (χ0v) is 13.6. The summed E-state index contributed by atoms with van der Waals surface area (Å²) < 4.78 is 5.87. The Morgan fingerprint density at radius 2 is 1.65 bits per heavy atom. The van der Waals surface area contributed by atoms with Crippen LogP contribution in [0.4, 0.5) is 4.79 Å². The number of benzene rings is 2. The first kappa shape index (κ1) is 15.8. The fraction of sp³-hybridized carbons (Fsp3) is 0.278. The van der Waals surface area contributed by atoms with E-state index in [0.29, 0.717) is 13.1 Å². The number of carbonyl (C=O) groups is 1. The van der Waals surface area contributed by atoms with E-state index in [4.69, 9.17) is 16.3 Å². The van der Waals surface area contributed by atoms with Crippen molar-refractivity contribution in [3.8, 4) is 11.5 Å². The maximum atomic E-state index is 11.1. The average Bonchev–Trinajstić information content (AvgIpc) is 2.57. The van der Waals surface area contributed by atoms with Gasteiger partial charge in [0, 0.05) is 32.7 Å². The molecule has 4 nitrogen and oxygen atoms in total. The standard InChI is InChI=1S/C18H19ClN2O2/c19-18(22)21-11-9-20(10-12-21)14-15-5-4-8-17(13-15)23-16-6-2-1-3-7-16/h1-8,13H,9-12,14H2. The fourth-order valence-electron chi connectivity index (χ4n) is 2.67. The van der Waals surface area contributed by atoms with Crippen LogP contribution < -0.4 is 4.74 Å². The van der Waals surface area contributed by atoms with Crippen LogP contribution in [0, 0.1) is 0 Å². The van der Waals surface area contributed by atoms with Crippen molar-refractivity contribution in [2.75, 3.05) is 26.2 Å². The molecule has 0 N–H and O–H groups in total. The Kier molecular flexibility index (Phi) is 5.16. The van der Waals surface area contributed by atoms with Crippen molar-refractivity contribution in [1.29, 1.82) is 0 Å². The van der Waals surface area contributed by atoms with Gasteiger partial charge in [-0.3, -0.25) is 9.69 Å². The minimum absolute atomic E-state index is 0.358. The summed E-state index contributed by atoms with van der Waals surface area (Å²) in [6.07, 6.45) is 0. The van der Waals surface area contributed by atoms with Gasteiger partial charge in [0.05, 0.1) is 0 Å². The average molecular weight is 331 g/mol. The van der Waals surface area contributed by atoms with Crippen molar-refractivity contribution < 1.29 is 9.53 Å². The summed E-state index contributed by atoms with van der Waals surface area (Å²) in [5.74, 6) is 1.67. The molecule has 1 aliphatic heterocycles. The third kappa shape index (κ3) is 4.47. The quantitative estimate of drug-likeness (QED) is 0.628. The molecule has 0 aliphatic carbocycles. The number of hydrogen-bond donors (Lipinski definition) is 0. The molecule has 1 saturated heterocycles. The van der Waals surface area contributed by atoms with Gasteiger partial charge in [-0.25, -0.2) is 0 Å². The summed E-state index contributed by atoms with van der Waals surface area (Å²) in [4.78, 5) is 15.1. The molecule has 2 aromatic rings. The van der Waals surface area contributed by atoms with Crippen LogP contribution in [0.15, 0.2) is 54.6 Å². The number of rotatable bonds is 4. The van der Waals surface area contributed by atoms with Gasteiger partial charge < -0.3 is 9.64 Å². The van der Waals surface area contributed by atoms with Gasteiger partial charge in [0.2, 0.25) is 0 Å². The molecule has 120 valence electrons. The van der Waals surface area contributed by atoms with E-state index in [0.717, 1.165) is 31.1 Å². The Bertz CT molecular complexity index is 655. The first-order valence-corrected chi connectivity index (χ1v) is 8.07. The smallest absolute Gasteiger partial charge is 0.316 e.